The van der Waals surface area contributed by atoms with E-state index in [-0.39, 0.29) is 107 Å². The Bertz CT molecular complexity index is 99.4. The third-order valence-corrected chi connectivity index (χ3v) is 0. The van der Waals surface area contributed by atoms with Gasteiger partial charge in [-0.25, -0.2) is 0 Å². The summed E-state index contributed by atoms with van der Waals surface area (Å²) < 4.78 is 34.1. The Kier molecular flexibility index (Phi) is 1010. The van der Waals surface area contributed by atoms with Gasteiger partial charge in [0.15, 0.2) is 0 Å². The molecule has 0 saturated carbocycles. The van der Waals surface area contributed by atoms with Crippen LogP contribution < -0.4 is 29.6 Å². The van der Waals surface area contributed by atoms with Crippen molar-refractivity contribution in [1.29, 1.82) is 0 Å². The van der Waals surface area contributed by atoms with Crippen molar-refractivity contribution >= 4 is 33.5 Å². The van der Waals surface area contributed by atoms with E-state index in [4.69, 9.17) is 17.5 Å². The minimum Gasteiger partial charge on any atom is -0.759 e. The first kappa shape index (κ1) is 198. The topological polar surface area (TPSA) is 395 Å². The molecule has 0 amide bonds. The van der Waals surface area contributed by atoms with E-state index >= 15 is 0 Å². The van der Waals surface area contributed by atoms with Gasteiger partial charge in [-0.3, -0.25) is 8.42 Å². The van der Waals surface area contributed by atoms with Gasteiger partial charge in [0.05, 0.1) is 0 Å². The Morgan fingerprint density at radius 2 is 0.529 bits per heavy atom. The molecule has 0 aliphatic rings. The van der Waals surface area contributed by atoms with Gasteiger partial charge < -0.3 is 63.9 Å². The zero-order valence-corrected chi connectivity index (χ0v) is 13.0. The van der Waals surface area contributed by atoms with E-state index in [0.717, 1.165) is 0 Å². The fourth-order valence-corrected chi connectivity index (χ4v) is 0. The van der Waals surface area contributed by atoms with Crippen molar-refractivity contribution in [2.75, 3.05) is 0 Å². The standard InChI is InChI=1S/Mg.Na.H2O4S.10H2O/c;;1-5(2,3)4;;;;;;;;;;/h;;(H2,1,2,3,4);10*1H2/q+2;+1;;;;;;;;;;;/p-2. The van der Waals surface area contributed by atoms with Crippen LogP contribution in [0.1, 0.15) is 0 Å². The maximum Gasteiger partial charge on any atom is 2.00 e. The SMILES string of the molecule is O.O.O.O.O.O.O.O.O.O.O=S(=O)([O-])[O-].[Mg+2].[Na+]. The average Bonchev–Trinajstić information content (AvgIpc) is 0.722. The van der Waals surface area contributed by atoms with Crippen LogP contribution in [0, 0.1) is 0 Å². The summed E-state index contributed by atoms with van der Waals surface area (Å²) in [5.41, 5.74) is 0. The van der Waals surface area contributed by atoms with Gasteiger partial charge in [-0.1, -0.05) is 0 Å². The summed E-state index contributed by atoms with van der Waals surface area (Å²) in [6, 6.07) is 0. The van der Waals surface area contributed by atoms with Crippen molar-refractivity contribution in [3.63, 3.8) is 0 Å². The second-order valence-electron chi connectivity index (χ2n) is 0.408. The molecule has 17 heteroatoms. The summed E-state index contributed by atoms with van der Waals surface area (Å²) in [7, 11) is -5.17. The Labute approximate surface area is 134 Å². The van der Waals surface area contributed by atoms with E-state index in [0.29, 0.717) is 0 Å². The van der Waals surface area contributed by atoms with E-state index in [2.05, 4.69) is 0 Å². The first-order chi connectivity index (χ1) is 2.00. The molecule has 0 radical (unpaired) electrons. The van der Waals surface area contributed by atoms with Gasteiger partial charge in [0, 0.05) is 10.4 Å². The smallest absolute Gasteiger partial charge is 0.759 e. The molecule has 17 heavy (non-hydrogen) atoms. The first-order valence-electron chi connectivity index (χ1n) is 0.667. The normalized spacial score (nSPS) is 3.41. The van der Waals surface area contributed by atoms with E-state index < -0.39 is 10.4 Å². The maximum absolute atomic E-state index is 8.52. The molecule has 0 saturated heterocycles. The van der Waals surface area contributed by atoms with E-state index in [1.165, 1.54) is 0 Å². The van der Waals surface area contributed by atoms with Crippen LogP contribution in [-0.2, 0) is 10.4 Å². The molecular weight excluding hydrogens is 303 g/mol. The molecule has 0 bridgehead atoms. The van der Waals surface area contributed by atoms with Crippen molar-refractivity contribution in [3.8, 4) is 0 Å². The fourth-order valence-electron chi connectivity index (χ4n) is 0. The molecule has 0 atom stereocenters. The monoisotopic (exact) mass is 323 g/mol. The van der Waals surface area contributed by atoms with Crippen LogP contribution in [0.25, 0.3) is 0 Å². The summed E-state index contributed by atoms with van der Waals surface area (Å²) in [6.07, 6.45) is 0. The Hall–Kier alpha value is 1.24. The molecule has 0 aliphatic carbocycles. The van der Waals surface area contributed by atoms with Crippen LogP contribution in [0.2, 0.25) is 0 Å². The van der Waals surface area contributed by atoms with Gasteiger partial charge in [-0.2, -0.15) is 0 Å². The van der Waals surface area contributed by atoms with Crippen LogP contribution in [0.3, 0.4) is 0 Å². The van der Waals surface area contributed by atoms with E-state index in [1.807, 2.05) is 0 Å². The van der Waals surface area contributed by atoms with Gasteiger partial charge >= 0.3 is 52.6 Å². The molecule has 14 nitrogen and oxygen atoms in total. The summed E-state index contributed by atoms with van der Waals surface area (Å²) in [5.74, 6) is 0. The maximum atomic E-state index is 8.52. The largest absolute Gasteiger partial charge is 2.00 e. The quantitative estimate of drug-likeness (QED) is 0.237. The summed E-state index contributed by atoms with van der Waals surface area (Å²) in [5, 5.41) is 0. The molecular formula is H20MgNaO14S+. The zero-order chi connectivity index (χ0) is 4.50. The fraction of sp³-hybridized carbons (Fsp3) is 0. The van der Waals surface area contributed by atoms with Gasteiger partial charge in [0.25, 0.3) is 0 Å². The zero-order valence-electron chi connectivity index (χ0n) is 8.75. The minimum atomic E-state index is -5.17. The third kappa shape index (κ3) is 2620. The average molecular weight is 324 g/mol. The van der Waals surface area contributed by atoms with E-state index in [1.54, 1.807) is 0 Å². The van der Waals surface area contributed by atoms with Crippen LogP contribution in [-0.4, -0.2) is 95.3 Å². The third-order valence-electron chi connectivity index (χ3n) is 0. The van der Waals surface area contributed by atoms with Crippen molar-refractivity contribution < 1.29 is 102 Å². The number of rotatable bonds is 0. The molecule has 20 N–H and O–H groups in total. The summed E-state index contributed by atoms with van der Waals surface area (Å²) in [6.45, 7) is 0. The van der Waals surface area contributed by atoms with Crippen LogP contribution in [0.5, 0.6) is 0 Å². The molecule has 0 aromatic carbocycles. The van der Waals surface area contributed by atoms with Crippen LogP contribution in [0.4, 0.5) is 0 Å². The van der Waals surface area contributed by atoms with Crippen molar-refractivity contribution in [3.05, 3.63) is 0 Å². The molecule has 0 aromatic heterocycles. The number of hydrogen-bond donors (Lipinski definition) is 0. The molecule has 0 heterocycles. The van der Waals surface area contributed by atoms with Crippen molar-refractivity contribution in [1.82, 2.24) is 0 Å². The molecule has 0 fully saturated rings. The Morgan fingerprint density at radius 3 is 0.529 bits per heavy atom. The van der Waals surface area contributed by atoms with Crippen molar-refractivity contribution in [2.24, 2.45) is 0 Å². The molecule has 0 aromatic rings. The van der Waals surface area contributed by atoms with Crippen LogP contribution >= 0.6 is 0 Å². The van der Waals surface area contributed by atoms with E-state index in [9.17, 15) is 0 Å². The number of hydrogen-bond acceptors (Lipinski definition) is 4. The second kappa shape index (κ2) is 86.8. The molecule has 0 spiro atoms. The van der Waals surface area contributed by atoms with Gasteiger partial charge in [-0.15, -0.1) is 0 Å². The van der Waals surface area contributed by atoms with Gasteiger partial charge in [0.1, 0.15) is 0 Å². The Morgan fingerprint density at radius 1 is 0.529 bits per heavy atom. The minimum absolute atomic E-state index is 0. The first-order valence-corrected chi connectivity index (χ1v) is 2.00. The van der Waals surface area contributed by atoms with Gasteiger partial charge in [-0.05, 0) is 0 Å². The predicted octanol–water partition coefficient (Wildman–Crippen LogP) is -13.0. The Balaban J connectivity index is -0.00000000121. The van der Waals surface area contributed by atoms with Gasteiger partial charge in [0.2, 0.25) is 0 Å². The summed E-state index contributed by atoms with van der Waals surface area (Å²) >= 11 is 0. The molecule has 0 unspecified atom stereocenters. The predicted molar refractivity (Wildman–Crippen MR) is 52.4 cm³/mol. The van der Waals surface area contributed by atoms with Crippen LogP contribution in [0.15, 0.2) is 0 Å². The molecule has 0 rings (SSSR count). The van der Waals surface area contributed by atoms with Crippen molar-refractivity contribution in [2.45, 2.75) is 0 Å². The molecule has 112 valence electrons. The summed E-state index contributed by atoms with van der Waals surface area (Å²) in [4.78, 5) is 0. The second-order valence-corrected chi connectivity index (χ2v) is 1.22. The molecule has 0 aliphatic heterocycles.